The molecule has 2 aromatic rings. The van der Waals surface area contributed by atoms with Crippen molar-refractivity contribution in [3.63, 3.8) is 0 Å². The van der Waals surface area contributed by atoms with Crippen LogP contribution in [0.3, 0.4) is 0 Å². The fraction of sp³-hybridized carbons (Fsp3) is 0.111. The summed E-state index contributed by atoms with van der Waals surface area (Å²) < 4.78 is 26.0. The lowest BCUT2D eigenvalue weighted by Gasteiger charge is -2.03. The second-order valence-electron chi connectivity index (χ2n) is 3.04. The van der Waals surface area contributed by atoms with Gasteiger partial charge < -0.3 is 0 Å². The van der Waals surface area contributed by atoms with E-state index in [1.807, 2.05) is 0 Å². The number of benzene rings is 1. The molecule has 1 aromatic heterocycles. The molecule has 1 aromatic carbocycles. The normalized spacial score (nSPS) is 11.3. The van der Waals surface area contributed by atoms with Gasteiger partial charge in [0, 0.05) is 0 Å². The highest BCUT2D eigenvalue weighted by atomic mass is 32.2. The van der Waals surface area contributed by atoms with Gasteiger partial charge in [-0.25, -0.2) is 8.42 Å². The Balaban J connectivity index is 2.28. The van der Waals surface area contributed by atoms with Crippen molar-refractivity contribution >= 4 is 26.5 Å². The number of aromatic nitrogens is 2. The molecular weight excluding hydrogens is 246 g/mol. The van der Waals surface area contributed by atoms with Crippen LogP contribution in [-0.2, 0) is 10.0 Å². The highest BCUT2D eigenvalue weighted by Crippen LogP contribution is 2.18. The first-order valence-corrected chi connectivity index (χ1v) is 6.76. The van der Waals surface area contributed by atoms with Crippen LogP contribution in [0, 0.1) is 6.92 Å². The molecule has 0 aliphatic rings. The van der Waals surface area contributed by atoms with Crippen LogP contribution in [0.2, 0.25) is 0 Å². The maximum Gasteiger partial charge on any atom is 0.263 e. The largest absolute Gasteiger partial charge is 0.263 e. The molecule has 5 nitrogen and oxygen atoms in total. The summed E-state index contributed by atoms with van der Waals surface area (Å²) >= 11 is 1.20. The molecule has 0 spiro atoms. The lowest BCUT2D eigenvalue weighted by molar-refractivity contribution is 0.601. The lowest BCUT2D eigenvalue weighted by atomic mass is 10.4. The van der Waals surface area contributed by atoms with Gasteiger partial charge in [0.1, 0.15) is 5.01 Å². The third-order valence-corrected chi connectivity index (χ3v) is 4.04. The smallest absolute Gasteiger partial charge is 0.253 e. The van der Waals surface area contributed by atoms with Gasteiger partial charge in [-0.1, -0.05) is 29.5 Å². The number of aryl methyl sites for hydroxylation is 1. The summed E-state index contributed by atoms with van der Waals surface area (Å²) in [5.74, 6) is 0. The van der Waals surface area contributed by atoms with E-state index in [4.69, 9.17) is 0 Å². The van der Waals surface area contributed by atoms with Crippen LogP contribution in [0.1, 0.15) is 5.01 Å². The molecule has 0 aliphatic heterocycles. The van der Waals surface area contributed by atoms with Crippen molar-refractivity contribution < 1.29 is 8.42 Å². The van der Waals surface area contributed by atoms with Crippen LogP contribution in [0.4, 0.5) is 5.13 Å². The minimum atomic E-state index is -3.54. The number of anilines is 1. The molecule has 7 heteroatoms. The Bertz CT molecular complexity index is 578. The predicted molar refractivity (Wildman–Crippen MR) is 61.9 cm³/mol. The van der Waals surface area contributed by atoms with Crippen molar-refractivity contribution in [3.05, 3.63) is 35.3 Å². The van der Waals surface area contributed by atoms with Crippen LogP contribution in [0.5, 0.6) is 0 Å². The fourth-order valence-electron chi connectivity index (χ4n) is 1.11. The number of hydrogen-bond acceptors (Lipinski definition) is 5. The van der Waals surface area contributed by atoms with Crippen LogP contribution < -0.4 is 4.72 Å². The number of hydrogen-bond donors (Lipinski definition) is 1. The molecule has 0 aliphatic carbocycles. The number of rotatable bonds is 3. The van der Waals surface area contributed by atoms with Crippen molar-refractivity contribution in [3.8, 4) is 0 Å². The molecule has 0 bridgehead atoms. The van der Waals surface area contributed by atoms with E-state index in [2.05, 4.69) is 14.9 Å². The van der Waals surface area contributed by atoms with Gasteiger partial charge in [-0.2, -0.15) is 0 Å². The minimum Gasteiger partial charge on any atom is -0.253 e. The summed E-state index contributed by atoms with van der Waals surface area (Å²) in [7, 11) is -3.54. The van der Waals surface area contributed by atoms with E-state index >= 15 is 0 Å². The molecule has 1 heterocycles. The summed E-state index contributed by atoms with van der Waals surface area (Å²) in [6.07, 6.45) is 0. The van der Waals surface area contributed by atoms with E-state index < -0.39 is 10.0 Å². The Morgan fingerprint density at radius 3 is 2.44 bits per heavy atom. The van der Waals surface area contributed by atoms with Crippen molar-refractivity contribution in [2.24, 2.45) is 0 Å². The molecule has 0 atom stereocenters. The van der Waals surface area contributed by atoms with Gasteiger partial charge in [-0.15, -0.1) is 10.2 Å². The third-order valence-electron chi connectivity index (χ3n) is 1.80. The van der Waals surface area contributed by atoms with E-state index in [0.29, 0.717) is 5.01 Å². The Hall–Kier alpha value is -1.47. The van der Waals surface area contributed by atoms with Gasteiger partial charge in [-0.05, 0) is 19.1 Å². The maximum atomic E-state index is 11.8. The van der Waals surface area contributed by atoms with Gasteiger partial charge >= 0.3 is 0 Å². The van der Waals surface area contributed by atoms with Gasteiger partial charge in [0.15, 0.2) is 0 Å². The van der Waals surface area contributed by atoms with Gasteiger partial charge in [0.25, 0.3) is 10.0 Å². The monoisotopic (exact) mass is 255 g/mol. The molecule has 0 amide bonds. The molecule has 0 saturated heterocycles. The topological polar surface area (TPSA) is 72.0 Å². The summed E-state index contributed by atoms with van der Waals surface area (Å²) in [6, 6.07) is 8.14. The van der Waals surface area contributed by atoms with Crippen molar-refractivity contribution in [2.75, 3.05) is 4.72 Å². The quantitative estimate of drug-likeness (QED) is 0.905. The molecular formula is C9H9N3O2S2. The number of sulfonamides is 1. The average Bonchev–Trinajstić information content (AvgIpc) is 2.64. The second-order valence-corrected chi connectivity index (χ2v) is 5.91. The first kappa shape index (κ1) is 11.0. The zero-order chi connectivity index (χ0) is 11.6. The summed E-state index contributed by atoms with van der Waals surface area (Å²) in [6.45, 7) is 1.76. The van der Waals surface area contributed by atoms with E-state index in [-0.39, 0.29) is 10.0 Å². The van der Waals surface area contributed by atoms with Crippen LogP contribution in [0.15, 0.2) is 35.2 Å². The van der Waals surface area contributed by atoms with Gasteiger partial charge in [0.2, 0.25) is 5.13 Å². The summed E-state index contributed by atoms with van der Waals surface area (Å²) in [4.78, 5) is 0.211. The summed E-state index contributed by atoms with van der Waals surface area (Å²) in [5, 5.41) is 8.43. The maximum absolute atomic E-state index is 11.8. The van der Waals surface area contributed by atoms with E-state index in [1.54, 1.807) is 25.1 Å². The van der Waals surface area contributed by atoms with Crippen LogP contribution >= 0.6 is 11.3 Å². The molecule has 16 heavy (non-hydrogen) atoms. The molecule has 0 saturated carbocycles. The molecule has 84 valence electrons. The highest BCUT2D eigenvalue weighted by Gasteiger charge is 2.15. The molecule has 2 rings (SSSR count). The van der Waals surface area contributed by atoms with Crippen molar-refractivity contribution in [1.82, 2.24) is 10.2 Å². The molecule has 0 radical (unpaired) electrons. The predicted octanol–water partition coefficient (Wildman–Crippen LogP) is 1.65. The zero-order valence-electron chi connectivity index (χ0n) is 8.41. The van der Waals surface area contributed by atoms with Crippen molar-refractivity contribution in [2.45, 2.75) is 11.8 Å². The Morgan fingerprint density at radius 1 is 1.19 bits per heavy atom. The summed E-state index contributed by atoms with van der Waals surface area (Å²) in [5.41, 5.74) is 0. The Morgan fingerprint density at radius 2 is 1.88 bits per heavy atom. The fourth-order valence-corrected chi connectivity index (χ4v) is 2.95. The Labute approximate surface area is 97.2 Å². The van der Waals surface area contributed by atoms with Crippen molar-refractivity contribution in [1.29, 1.82) is 0 Å². The van der Waals surface area contributed by atoms with Gasteiger partial charge in [-0.3, -0.25) is 4.72 Å². The van der Waals surface area contributed by atoms with E-state index in [9.17, 15) is 8.42 Å². The third kappa shape index (κ3) is 2.37. The second kappa shape index (κ2) is 4.18. The lowest BCUT2D eigenvalue weighted by Crippen LogP contribution is -2.12. The van der Waals surface area contributed by atoms with E-state index in [0.717, 1.165) is 0 Å². The molecule has 0 fully saturated rings. The number of nitrogens with one attached hydrogen (secondary N) is 1. The first-order valence-electron chi connectivity index (χ1n) is 4.46. The van der Waals surface area contributed by atoms with Crippen LogP contribution in [-0.4, -0.2) is 18.6 Å². The first-order chi connectivity index (χ1) is 7.58. The molecule has 0 unspecified atom stereocenters. The molecule has 1 N–H and O–H groups in total. The zero-order valence-corrected chi connectivity index (χ0v) is 10.0. The van der Waals surface area contributed by atoms with Crippen LogP contribution in [0.25, 0.3) is 0 Å². The number of nitrogens with zero attached hydrogens (tertiary/aromatic N) is 2. The SMILES string of the molecule is Cc1nnc(NS(=O)(=O)c2ccccc2)s1. The standard InChI is InChI=1S/C9H9N3O2S2/c1-7-10-11-9(15-7)12-16(13,14)8-5-3-2-4-6-8/h2-6H,1H3,(H,11,12). The minimum absolute atomic E-state index is 0.211. The van der Waals surface area contributed by atoms with E-state index in [1.165, 1.54) is 23.5 Å². The average molecular weight is 255 g/mol. The highest BCUT2D eigenvalue weighted by molar-refractivity contribution is 7.93. The van der Waals surface area contributed by atoms with Gasteiger partial charge in [0.05, 0.1) is 4.90 Å². The Kier molecular flexibility index (Phi) is 2.88.